The monoisotopic (exact) mass is 456 g/mol. The first-order valence-corrected chi connectivity index (χ1v) is 9.81. The largest absolute Gasteiger partial charge is 0.323 e. The smallest absolute Gasteiger partial charge is 0.248 e. The van der Waals surface area contributed by atoms with E-state index in [4.69, 9.17) is 0 Å². The van der Waals surface area contributed by atoms with Crippen LogP contribution in [-0.4, -0.2) is 20.9 Å². The van der Waals surface area contributed by atoms with Crippen molar-refractivity contribution in [3.63, 3.8) is 0 Å². The molecule has 7 heteroatoms. The zero-order valence-electron chi connectivity index (χ0n) is 13.0. The molecule has 0 saturated heterocycles. The summed E-state index contributed by atoms with van der Waals surface area (Å²) < 4.78 is 27.2. The van der Waals surface area contributed by atoms with Crippen LogP contribution in [0.3, 0.4) is 0 Å². The minimum absolute atomic E-state index is 0.199. The van der Waals surface area contributed by atoms with Gasteiger partial charge in [-0.05, 0) is 70.6 Å². The molecule has 0 bridgehead atoms. The van der Waals surface area contributed by atoms with Crippen molar-refractivity contribution in [1.29, 1.82) is 0 Å². The van der Waals surface area contributed by atoms with Gasteiger partial charge in [-0.2, -0.15) is 0 Å². The predicted molar refractivity (Wildman–Crippen MR) is 104 cm³/mol. The lowest BCUT2D eigenvalue weighted by molar-refractivity contribution is -0.111. The summed E-state index contributed by atoms with van der Waals surface area (Å²) in [5.74, 6) is -0.249. The maximum atomic E-state index is 11.9. The van der Waals surface area contributed by atoms with Crippen LogP contribution in [0.25, 0.3) is 6.08 Å². The first kappa shape index (κ1) is 18.6. The number of amides is 1. The van der Waals surface area contributed by atoms with Gasteiger partial charge in [0.05, 0.1) is 4.90 Å². The number of anilines is 1. The molecular formula is C17H17IN2O3S. The topological polar surface area (TPSA) is 75.3 Å². The van der Waals surface area contributed by atoms with Crippen LogP contribution in [0.4, 0.5) is 5.69 Å². The van der Waals surface area contributed by atoms with Crippen LogP contribution in [0.1, 0.15) is 12.5 Å². The molecule has 0 spiro atoms. The highest BCUT2D eigenvalue weighted by atomic mass is 127. The van der Waals surface area contributed by atoms with Crippen LogP contribution in [0.15, 0.2) is 59.5 Å². The van der Waals surface area contributed by atoms with Gasteiger partial charge in [0.2, 0.25) is 15.9 Å². The number of hydrogen-bond acceptors (Lipinski definition) is 3. The fourth-order valence-electron chi connectivity index (χ4n) is 1.92. The zero-order valence-corrected chi connectivity index (χ0v) is 16.0. The Morgan fingerprint density at radius 3 is 2.29 bits per heavy atom. The molecule has 0 radical (unpaired) electrons. The van der Waals surface area contributed by atoms with Crippen molar-refractivity contribution in [2.75, 3.05) is 11.9 Å². The molecule has 24 heavy (non-hydrogen) atoms. The Balaban J connectivity index is 2.01. The van der Waals surface area contributed by atoms with Gasteiger partial charge >= 0.3 is 0 Å². The second-order valence-corrected chi connectivity index (χ2v) is 7.91. The third-order valence-corrected chi connectivity index (χ3v) is 5.34. The molecule has 2 rings (SSSR count). The molecule has 0 aromatic heterocycles. The van der Waals surface area contributed by atoms with E-state index in [9.17, 15) is 13.2 Å². The molecular weight excluding hydrogens is 439 g/mol. The average molecular weight is 456 g/mol. The summed E-state index contributed by atoms with van der Waals surface area (Å²) in [4.78, 5) is 12.1. The van der Waals surface area contributed by atoms with Gasteiger partial charge in [-0.15, -0.1) is 0 Å². The molecule has 0 saturated carbocycles. The number of rotatable bonds is 6. The van der Waals surface area contributed by atoms with E-state index in [2.05, 4.69) is 32.6 Å². The van der Waals surface area contributed by atoms with Gasteiger partial charge in [0.25, 0.3) is 0 Å². The maximum absolute atomic E-state index is 11.9. The normalized spacial score (nSPS) is 11.6. The summed E-state index contributed by atoms with van der Waals surface area (Å²) in [6.07, 6.45) is 3.04. The lowest BCUT2D eigenvalue weighted by Gasteiger charge is -2.04. The van der Waals surface area contributed by atoms with E-state index >= 15 is 0 Å². The standard InChI is InChI=1S/C17H17IN2O3S/c1-2-19-24(22,23)16-10-3-13(4-11-16)5-12-17(21)20-15-8-6-14(18)7-9-15/h3-12,19H,2H2,1H3,(H,20,21)/b12-5+. The number of hydrogen-bond donors (Lipinski definition) is 2. The molecule has 0 aliphatic rings. The van der Waals surface area contributed by atoms with Crippen LogP contribution in [0, 0.1) is 3.57 Å². The maximum Gasteiger partial charge on any atom is 0.248 e. The number of carbonyl (C=O) groups excluding carboxylic acids is 1. The van der Waals surface area contributed by atoms with E-state index in [0.29, 0.717) is 6.54 Å². The van der Waals surface area contributed by atoms with E-state index in [0.717, 1.165) is 14.8 Å². The Morgan fingerprint density at radius 2 is 1.71 bits per heavy atom. The quantitative estimate of drug-likeness (QED) is 0.518. The van der Waals surface area contributed by atoms with Gasteiger partial charge in [-0.3, -0.25) is 4.79 Å². The second-order valence-electron chi connectivity index (χ2n) is 4.90. The lowest BCUT2D eigenvalue weighted by atomic mass is 10.2. The Kier molecular flexibility index (Phi) is 6.52. The van der Waals surface area contributed by atoms with Crippen LogP contribution in [-0.2, 0) is 14.8 Å². The summed E-state index contributed by atoms with van der Waals surface area (Å²) in [5, 5.41) is 2.76. The van der Waals surface area contributed by atoms with Crippen molar-refractivity contribution in [1.82, 2.24) is 4.72 Å². The van der Waals surface area contributed by atoms with E-state index in [1.54, 1.807) is 25.1 Å². The number of halogens is 1. The lowest BCUT2D eigenvalue weighted by Crippen LogP contribution is -2.22. The molecule has 0 heterocycles. The predicted octanol–water partition coefficient (Wildman–Crippen LogP) is 3.24. The fraction of sp³-hybridized carbons (Fsp3) is 0.118. The molecule has 5 nitrogen and oxygen atoms in total. The molecule has 126 valence electrons. The Labute approximate surface area is 155 Å². The molecule has 1 amide bonds. The number of sulfonamides is 1. The molecule has 2 aromatic carbocycles. The van der Waals surface area contributed by atoms with E-state index in [1.807, 2.05) is 24.3 Å². The third-order valence-electron chi connectivity index (χ3n) is 3.06. The fourth-order valence-corrected chi connectivity index (χ4v) is 3.32. The molecule has 0 aliphatic carbocycles. The summed E-state index contributed by atoms with van der Waals surface area (Å²) in [6, 6.07) is 13.8. The first-order chi connectivity index (χ1) is 11.4. The number of nitrogens with one attached hydrogen (secondary N) is 2. The minimum Gasteiger partial charge on any atom is -0.323 e. The molecule has 0 aliphatic heterocycles. The summed E-state index contributed by atoms with van der Waals surface area (Å²) >= 11 is 2.19. The zero-order chi connectivity index (χ0) is 17.6. The van der Waals surface area contributed by atoms with E-state index in [-0.39, 0.29) is 10.8 Å². The summed E-state index contributed by atoms with van der Waals surface area (Å²) in [5.41, 5.74) is 1.46. The average Bonchev–Trinajstić information content (AvgIpc) is 2.55. The van der Waals surface area contributed by atoms with Crippen LogP contribution in [0.5, 0.6) is 0 Å². The Bertz CT molecular complexity index is 829. The third kappa shape index (κ3) is 5.43. The number of carbonyl (C=O) groups is 1. The van der Waals surface area contributed by atoms with Crippen LogP contribution >= 0.6 is 22.6 Å². The van der Waals surface area contributed by atoms with Gasteiger partial charge < -0.3 is 5.32 Å². The van der Waals surface area contributed by atoms with Gasteiger partial charge in [0, 0.05) is 21.9 Å². The Hall–Kier alpha value is -1.71. The second kappa shape index (κ2) is 8.41. The van der Waals surface area contributed by atoms with Crippen molar-refractivity contribution >= 4 is 50.3 Å². The van der Waals surface area contributed by atoms with Gasteiger partial charge in [0.1, 0.15) is 0 Å². The molecule has 2 N–H and O–H groups in total. The summed E-state index contributed by atoms with van der Waals surface area (Å²) in [6.45, 7) is 2.06. The van der Waals surface area contributed by atoms with Crippen molar-refractivity contribution in [2.45, 2.75) is 11.8 Å². The Morgan fingerprint density at radius 1 is 1.08 bits per heavy atom. The van der Waals surface area contributed by atoms with Gasteiger partial charge in [-0.1, -0.05) is 19.1 Å². The van der Waals surface area contributed by atoms with Crippen molar-refractivity contribution in [3.8, 4) is 0 Å². The van der Waals surface area contributed by atoms with Crippen LogP contribution in [0.2, 0.25) is 0 Å². The highest BCUT2D eigenvalue weighted by Gasteiger charge is 2.11. The first-order valence-electron chi connectivity index (χ1n) is 7.25. The molecule has 2 aromatic rings. The molecule has 0 unspecified atom stereocenters. The van der Waals surface area contributed by atoms with Gasteiger partial charge in [0.15, 0.2) is 0 Å². The highest BCUT2D eigenvalue weighted by Crippen LogP contribution is 2.13. The van der Waals surface area contributed by atoms with E-state index < -0.39 is 10.0 Å². The minimum atomic E-state index is -3.46. The highest BCUT2D eigenvalue weighted by molar-refractivity contribution is 14.1. The van der Waals surface area contributed by atoms with E-state index in [1.165, 1.54) is 18.2 Å². The number of benzene rings is 2. The van der Waals surface area contributed by atoms with Crippen molar-refractivity contribution in [2.24, 2.45) is 0 Å². The van der Waals surface area contributed by atoms with Crippen molar-refractivity contribution < 1.29 is 13.2 Å². The SMILES string of the molecule is CCNS(=O)(=O)c1ccc(/C=C/C(=O)Nc2ccc(I)cc2)cc1. The van der Waals surface area contributed by atoms with Crippen molar-refractivity contribution in [3.05, 3.63) is 63.7 Å². The molecule has 0 atom stereocenters. The summed E-state index contributed by atoms with van der Waals surface area (Å²) in [7, 11) is -3.46. The van der Waals surface area contributed by atoms with Gasteiger partial charge in [-0.25, -0.2) is 13.1 Å². The molecule has 0 fully saturated rings. The van der Waals surface area contributed by atoms with Crippen LogP contribution < -0.4 is 10.0 Å².